The molecule has 0 spiro atoms. The molecule has 0 aromatic carbocycles. The zero-order valence-electron chi connectivity index (χ0n) is 9.32. The number of hydrogen-bond donors (Lipinski definition) is 1. The van der Waals surface area contributed by atoms with Crippen LogP contribution in [-0.4, -0.2) is 6.04 Å². The molecule has 1 atom stereocenters. The van der Waals surface area contributed by atoms with Gasteiger partial charge in [-0.25, -0.2) is 0 Å². The van der Waals surface area contributed by atoms with E-state index in [1.54, 1.807) is 11.3 Å². The largest absolute Gasteiger partial charge is 0.327 e. The summed E-state index contributed by atoms with van der Waals surface area (Å²) in [5, 5.41) is 4.41. The third-order valence-electron chi connectivity index (χ3n) is 3.59. The number of rotatable bonds is 5. The maximum Gasteiger partial charge on any atom is 0.00672 e. The fourth-order valence-corrected chi connectivity index (χ4v) is 3.30. The maximum absolute atomic E-state index is 6.22. The van der Waals surface area contributed by atoms with Crippen molar-refractivity contribution < 1.29 is 0 Å². The van der Waals surface area contributed by atoms with Gasteiger partial charge < -0.3 is 5.73 Å². The summed E-state index contributed by atoms with van der Waals surface area (Å²) in [6.07, 6.45) is 9.24. The van der Waals surface area contributed by atoms with E-state index in [-0.39, 0.29) is 0 Å². The van der Waals surface area contributed by atoms with E-state index in [2.05, 4.69) is 16.8 Å². The second-order valence-electron chi connectivity index (χ2n) is 4.73. The van der Waals surface area contributed by atoms with E-state index in [0.29, 0.717) is 6.04 Å². The Morgan fingerprint density at radius 2 is 2.20 bits per heavy atom. The highest BCUT2D eigenvalue weighted by molar-refractivity contribution is 7.07. The van der Waals surface area contributed by atoms with Crippen LogP contribution in [0.5, 0.6) is 0 Å². The summed E-state index contributed by atoms with van der Waals surface area (Å²) in [4.78, 5) is 0. The summed E-state index contributed by atoms with van der Waals surface area (Å²) in [6.45, 7) is 0. The number of hydrogen-bond acceptors (Lipinski definition) is 2. The Balaban J connectivity index is 1.64. The van der Waals surface area contributed by atoms with Crippen LogP contribution in [0.4, 0.5) is 0 Å². The number of nitrogens with two attached hydrogens (primary N) is 1. The molecule has 0 aliphatic heterocycles. The second-order valence-corrected chi connectivity index (χ2v) is 5.51. The van der Waals surface area contributed by atoms with E-state index in [4.69, 9.17) is 5.73 Å². The standard InChI is InChI=1S/C13H21NS/c14-13(12-5-1-2-6-12)7-3-4-11-8-9-15-10-11/h8-10,12-13H,1-7,14H2. The third-order valence-corrected chi connectivity index (χ3v) is 4.32. The first-order valence-corrected chi connectivity index (χ1v) is 7.07. The molecule has 1 aromatic rings. The molecule has 1 aliphatic carbocycles. The smallest absolute Gasteiger partial charge is 0.00672 e. The monoisotopic (exact) mass is 223 g/mol. The number of thiophene rings is 1. The van der Waals surface area contributed by atoms with Gasteiger partial charge in [0.2, 0.25) is 0 Å². The zero-order valence-corrected chi connectivity index (χ0v) is 10.1. The van der Waals surface area contributed by atoms with E-state index in [9.17, 15) is 0 Å². The van der Waals surface area contributed by atoms with Crippen molar-refractivity contribution in [2.45, 2.75) is 51.0 Å². The molecule has 0 amide bonds. The molecule has 1 unspecified atom stereocenters. The van der Waals surface area contributed by atoms with Crippen molar-refractivity contribution in [2.24, 2.45) is 11.7 Å². The van der Waals surface area contributed by atoms with Crippen molar-refractivity contribution in [3.05, 3.63) is 22.4 Å². The van der Waals surface area contributed by atoms with Crippen molar-refractivity contribution in [3.63, 3.8) is 0 Å². The minimum Gasteiger partial charge on any atom is -0.327 e. The molecular weight excluding hydrogens is 202 g/mol. The fourth-order valence-electron chi connectivity index (χ4n) is 2.60. The summed E-state index contributed by atoms with van der Waals surface area (Å²) < 4.78 is 0. The van der Waals surface area contributed by atoms with Crippen LogP contribution in [0, 0.1) is 5.92 Å². The van der Waals surface area contributed by atoms with Crippen molar-refractivity contribution in [1.82, 2.24) is 0 Å². The molecule has 0 bridgehead atoms. The van der Waals surface area contributed by atoms with Crippen LogP contribution in [0.15, 0.2) is 16.8 Å². The maximum atomic E-state index is 6.22. The van der Waals surface area contributed by atoms with Gasteiger partial charge in [0.1, 0.15) is 0 Å². The normalized spacial score (nSPS) is 19.5. The molecule has 1 fully saturated rings. The molecule has 1 heterocycles. The van der Waals surface area contributed by atoms with Crippen molar-refractivity contribution in [3.8, 4) is 0 Å². The highest BCUT2D eigenvalue weighted by Crippen LogP contribution is 2.28. The van der Waals surface area contributed by atoms with Crippen LogP contribution in [0.25, 0.3) is 0 Å². The van der Waals surface area contributed by atoms with Crippen molar-refractivity contribution in [2.75, 3.05) is 0 Å². The molecule has 2 rings (SSSR count). The second kappa shape index (κ2) is 5.66. The first kappa shape index (κ1) is 11.2. The molecule has 1 saturated carbocycles. The Kier molecular flexibility index (Phi) is 4.21. The predicted octanol–water partition coefficient (Wildman–Crippen LogP) is 3.59. The molecule has 15 heavy (non-hydrogen) atoms. The molecular formula is C13H21NS. The van der Waals surface area contributed by atoms with E-state index < -0.39 is 0 Å². The van der Waals surface area contributed by atoms with E-state index >= 15 is 0 Å². The van der Waals surface area contributed by atoms with Crippen molar-refractivity contribution in [1.29, 1.82) is 0 Å². The molecule has 1 aromatic heterocycles. The van der Waals surface area contributed by atoms with Crippen LogP contribution in [-0.2, 0) is 6.42 Å². The summed E-state index contributed by atoms with van der Waals surface area (Å²) in [5.74, 6) is 0.826. The Morgan fingerprint density at radius 3 is 2.87 bits per heavy atom. The van der Waals surface area contributed by atoms with E-state index in [1.807, 2.05) is 0 Å². The first-order chi connectivity index (χ1) is 7.36. The summed E-state index contributed by atoms with van der Waals surface area (Å²) >= 11 is 1.79. The van der Waals surface area contributed by atoms with Gasteiger partial charge in [-0.05, 0) is 60.4 Å². The van der Waals surface area contributed by atoms with Gasteiger partial charge in [-0.3, -0.25) is 0 Å². The van der Waals surface area contributed by atoms with Gasteiger partial charge in [0.15, 0.2) is 0 Å². The highest BCUT2D eigenvalue weighted by atomic mass is 32.1. The minimum atomic E-state index is 0.464. The lowest BCUT2D eigenvalue weighted by Gasteiger charge is -2.18. The lowest BCUT2D eigenvalue weighted by atomic mass is 9.94. The lowest BCUT2D eigenvalue weighted by Crippen LogP contribution is -2.28. The lowest BCUT2D eigenvalue weighted by molar-refractivity contribution is 0.402. The average molecular weight is 223 g/mol. The van der Waals surface area contributed by atoms with Gasteiger partial charge in [0.05, 0.1) is 0 Å². The summed E-state index contributed by atoms with van der Waals surface area (Å²) in [5.41, 5.74) is 7.71. The zero-order chi connectivity index (χ0) is 10.5. The quantitative estimate of drug-likeness (QED) is 0.811. The van der Waals surface area contributed by atoms with Gasteiger partial charge in [-0.2, -0.15) is 11.3 Å². The van der Waals surface area contributed by atoms with Crippen LogP contribution in [0.1, 0.15) is 44.1 Å². The molecule has 2 N–H and O–H groups in total. The molecule has 0 radical (unpaired) electrons. The van der Waals surface area contributed by atoms with Gasteiger partial charge in [0.25, 0.3) is 0 Å². The third kappa shape index (κ3) is 3.32. The molecule has 1 aliphatic rings. The van der Waals surface area contributed by atoms with Gasteiger partial charge in [-0.15, -0.1) is 0 Å². The van der Waals surface area contributed by atoms with Crippen molar-refractivity contribution >= 4 is 11.3 Å². The Bertz CT molecular complexity index is 262. The molecule has 84 valence electrons. The minimum absolute atomic E-state index is 0.464. The van der Waals surface area contributed by atoms with Gasteiger partial charge >= 0.3 is 0 Å². The van der Waals surface area contributed by atoms with Crippen LogP contribution < -0.4 is 5.73 Å². The Labute approximate surface area is 96.7 Å². The van der Waals surface area contributed by atoms with E-state index in [1.165, 1.54) is 50.5 Å². The Morgan fingerprint density at radius 1 is 1.40 bits per heavy atom. The molecule has 2 heteroatoms. The topological polar surface area (TPSA) is 26.0 Å². The highest BCUT2D eigenvalue weighted by Gasteiger charge is 2.21. The van der Waals surface area contributed by atoms with Crippen LogP contribution in [0.2, 0.25) is 0 Å². The fraction of sp³-hybridized carbons (Fsp3) is 0.692. The number of aryl methyl sites for hydroxylation is 1. The van der Waals surface area contributed by atoms with Gasteiger partial charge in [-0.1, -0.05) is 12.8 Å². The average Bonchev–Trinajstić information content (AvgIpc) is 2.90. The summed E-state index contributed by atoms with van der Waals surface area (Å²) in [6, 6.07) is 2.69. The van der Waals surface area contributed by atoms with Crippen LogP contribution in [0.3, 0.4) is 0 Å². The SMILES string of the molecule is NC(CCCc1ccsc1)C1CCCC1. The first-order valence-electron chi connectivity index (χ1n) is 6.13. The predicted molar refractivity (Wildman–Crippen MR) is 67.2 cm³/mol. The Hall–Kier alpha value is -0.340. The molecule has 1 nitrogen and oxygen atoms in total. The summed E-state index contributed by atoms with van der Waals surface area (Å²) in [7, 11) is 0. The van der Waals surface area contributed by atoms with Crippen LogP contribution >= 0.6 is 11.3 Å². The van der Waals surface area contributed by atoms with Gasteiger partial charge in [0, 0.05) is 6.04 Å². The van der Waals surface area contributed by atoms with E-state index in [0.717, 1.165) is 5.92 Å². The molecule has 0 saturated heterocycles.